The van der Waals surface area contributed by atoms with Gasteiger partial charge < -0.3 is 9.30 Å². The van der Waals surface area contributed by atoms with Gasteiger partial charge in [-0.1, -0.05) is 6.07 Å². The standard InChI is InChI=1S/C17H15IN2O2/c1-11-7-12-8-14(18)16(22-2)9-15(12)20(17(11)21)10-13-5-3-4-6-19-13/h3-9H,10H2,1-2H3. The first-order chi connectivity index (χ1) is 10.6. The topological polar surface area (TPSA) is 44.1 Å². The Kier molecular flexibility index (Phi) is 4.15. The van der Waals surface area contributed by atoms with Crippen LogP contribution in [-0.2, 0) is 6.54 Å². The van der Waals surface area contributed by atoms with E-state index in [0.29, 0.717) is 6.54 Å². The molecule has 0 atom stereocenters. The molecular weight excluding hydrogens is 391 g/mol. The first-order valence-corrected chi connectivity index (χ1v) is 7.95. The predicted molar refractivity (Wildman–Crippen MR) is 95.6 cm³/mol. The molecule has 0 radical (unpaired) electrons. The monoisotopic (exact) mass is 406 g/mol. The fourth-order valence-corrected chi connectivity index (χ4v) is 3.20. The summed E-state index contributed by atoms with van der Waals surface area (Å²) in [5.41, 5.74) is 2.44. The Hall–Kier alpha value is -1.89. The van der Waals surface area contributed by atoms with E-state index in [4.69, 9.17) is 4.74 Å². The molecule has 2 aromatic heterocycles. The second-order valence-corrected chi connectivity index (χ2v) is 6.25. The van der Waals surface area contributed by atoms with Gasteiger partial charge in [0.25, 0.3) is 5.56 Å². The third kappa shape index (κ3) is 2.72. The number of nitrogens with zero attached hydrogens (tertiary/aromatic N) is 2. The molecule has 0 aliphatic heterocycles. The lowest BCUT2D eigenvalue weighted by atomic mass is 10.1. The third-order valence-corrected chi connectivity index (χ3v) is 4.44. The van der Waals surface area contributed by atoms with Crippen LogP contribution in [0.3, 0.4) is 0 Å². The minimum absolute atomic E-state index is 0.00131. The van der Waals surface area contributed by atoms with Gasteiger partial charge in [-0.3, -0.25) is 9.78 Å². The van der Waals surface area contributed by atoms with Gasteiger partial charge in [0.1, 0.15) is 5.75 Å². The van der Waals surface area contributed by atoms with E-state index in [9.17, 15) is 4.79 Å². The fourth-order valence-electron chi connectivity index (χ4n) is 2.49. The number of hydrogen-bond acceptors (Lipinski definition) is 3. The van der Waals surface area contributed by atoms with Crippen molar-refractivity contribution in [2.24, 2.45) is 0 Å². The van der Waals surface area contributed by atoms with Crippen molar-refractivity contribution in [1.29, 1.82) is 0 Å². The fraction of sp³-hybridized carbons (Fsp3) is 0.176. The summed E-state index contributed by atoms with van der Waals surface area (Å²) in [6.07, 6.45) is 1.74. The summed E-state index contributed by atoms with van der Waals surface area (Å²) in [5.74, 6) is 0.770. The van der Waals surface area contributed by atoms with Crippen LogP contribution in [0, 0.1) is 10.5 Å². The quantitative estimate of drug-likeness (QED) is 0.627. The zero-order valence-corrected chi connectivity index (χ0v) is 14.5. The first-order valence-electron chi connectivity index (χ1n) is 6.88. The van der Waals surface area contributed by atoms with Gasteiger partial charge in [-0.2, -0.15) is 0 Å². The minimum atomic E-state index is 0.00131. The summed E-state index contributed by atoms with van der Waals surface area (Å²) in [5, 5.41) is 1.03. The molecule has 0 aliphatic rings. The molecule has 0 fully saturated rings. The molecule has 3 rings (SSSR count). The first kappa shape index (κ1) is 15.0. The Morgan fingerprint density at radius 2 is 2.09 bits per heavy atom. The van der Waals surface area contributed by atoms with Crippen molar-refractivity contribution >= 4 is 33.5 Å². The zero-order chi connectivity index (χ0) is 15.7. The van der Waals surface area contributed by atoms with Gasteiger partial charge in [0.2, 0.25) is 0 Å². The molecule has 0 spiro atoms. The maximum absolute atomic E-state index is 12.6. The van der Waals surface area contributed by atoms with Crippen molar-refractivity contribution in [3.8, 4) is 5.75 Å². The summed E-state index contributed by atoms with van der Waals surface area (Å²) in [7, 11) is 1.64. The smallest absolute Gasteiger partial charge is 0.254 e. The molecule has 5 heteroatoms. The lowest BCUT2D eigenvalue weighted by Crippen LogP contribution is -2.23. The molecule has 4 nitrogen and oxygen atoms in total. The molecule has 3 aromatic rings. The van der Waals surface area contributed by atoms with Crippen molar-refractivity contribution in [2.45, 2.75) is 13.5 Å². The van der Waals surface area contributed by atoms with Gasteiger partial charge in [0.15, 0.2) is 0 Å². The summed E-state index contributed by atoms with van der Waals surface area (Å²) in [4.78, 5) is 16.9. The number of ether oxygens (including phenoxy) is 1. The molecule has 22 heavy (non-hydrogen) atoms. The number of aromatic nitrogens is 2. The van der Waals surface area contributed by atoms with Crippen LogP contribution in [0.5, 0.6) is 5.75 Å². The van der Waals surface area contributed by atoms with Gasteiger partial charge in [-0.05, 0) is 53.8 Å². The van der Waals surface area contributed by atoms with E-state index in [1.54, 1.807) is 17.9 Å². The molecule has 1 aromatic carbocycles. The van der Waals surface area contributed by atoms with Crippen LogP contribution in [0.1, 0.15) is 11.3 Å². The lowest BCUT2D eigenvalue weighted by Gasteiger charge is -2.13. The molecule has 0 bridgehead atoms. The van der Waals surface area contributed by atoms with Crippen LogP contribution >= 0.6 is 22.6 Å². The van der Waals surface area contributed by atoms with Crippen molar-refractivity contribution in [3.63, 3.8) is 0 Å². The van der Waals surface area contributed by atoms with Crippen LogP contribution in [0.15, 0.2) is 47.4 Å². The Labute approximate surface area is 141 Å². The van der Waals surface area contributed by atoms with E-state index in [1.807, 2.05) is 43.3 Å². The maximum Gasteiger partial charge on any atom is 0.254 e. The van der Waals surface area contributed by atoms with Crippen LogP contribution < -0.4 is 10.3 Å². The number of aryl methyl sites for hydroxylation is 1. The van der Waals surface area contributed by atoms with E-state index in [2.05, 4.69) is 27.6 Å². The molecule has 2 heterocycles. The summed E-state index contributed by atoms with van der Waals surface area (Å²) in [6, 6.07) is 11.6. The highest BCUT2D eigenvalue weighted by atomic mass is 127. The minimum Gasteiger partial charge on any atom is -0.496 e. The highest BCUT2D eigenvalue weighted by Gasteiger charge is 2.11. The number of rotatable bonds is 3. The number of fused-ring (bicyclic) bond motifs is 1. The Morgan fingerprint density at radius 1 is 1.27 bits per heavy atom. The largest absolute Gasteiger partial charge is 0.496 e. The normalized spacial score (nSPS) is 10.9. The van der Waals surface area contributed by atoms with E-state index >= 15 is 0 Å². The summed E-state index contributed by atoms with van der Waals surface area (Å²) >= 11 is 2.24. The zero-order valence-electron chi connectivity index (χ0n) is 12.3. The number of halogens is 1. The maximum atomic E-state index is 12.6. The van der Waals surface area contributed by atoms with Crippen molar-refractivity contribution in [1.82, 2.24) is 9.55 Å². The number of pyridine rings is 2. The molecule has 0 amide bonds. The molecule has 0 saturated carbocycles. The lowest BCUT2D eigenvalue weighted by molar-refractivity contribution is 0.412. The van der Waals surface area contributed by atoms with Gasteiger partial charge >= 0.3 is 0 Å². The second-order valence-electron chi connectivity index (χ2n) is 5.09. The van der Waals surface area contributed by atoms with Gasteiger partial charge in [0, 0.05) is 23.2 Å². The van der Waals surface area contributed by atoms with Crippen molar-refractivity contribution < 1.29 is 4.74 Å². The molecule has 112 valence electrons. The summed E-state index contributed by atoms with van der Waals surface area (Å²) in [6.45, 7) is 2.29. The molecule has 0 aliphatic carbocycles. The SMILES string of the molecule is COc1cc2c(cc1I)cc(C)c(=O)n2Cc1ccccn1. The average Bonchev–Trinajstić information content (AvgIpc) is 2.52. The van der Waals surface area contributed by atoms with Crippen LogP contribution in [-0.4, -0.2) is 16.7 Å². The van der Waals surface area contributed by atoms with E-state index in [-0.39, 0.29) is 5.56 Å². The van der Waals surface area contributed by atoms with Crippen LogP contribution in [0.4, 0.5) is 0 Å². The highest BCUT2D eigenvalue weighted by Crippen LogP contribution is 2.27. The van der Waals surface area contributed by atoms with E-state index in [1.165, 1.54) is 0 Å². The van der Waals surface area contributed by atoms with Gasteiger partial charge in [-0.15, -0.1) is 0 Å². The van der Waals surface area contributed by atoms with Crippen molar-refractivity contribution in [3.05, 3.63) is 67.8 Å². The highest BCUT2D eigenvalue weighted by molar-refractivity contribution is 14.1. The second kappa shape index (κ2) is 6.08. The van der Waals surface area contributed by atoms with Crippen LogP contribution in [0.2, 0.25) is 0 Å². The van der Waals surface area contributed by atoms with Gasteiger partial charge in [-0.25, -0.2) is 0 Å². The average molecular weight is 406 g/mol. The molecule has 0 saturated heterocycles. The Balaban J connectivity index is 2.26. The number of hydrogen-bond donors (Lipinski definition) is 0. The van der Waals surface area contributed by atoms with E-state index in [0.717, 1.165) is 31.5 Å². The van der Waals surface area contributed by atoms with Gasteiger partial charge in [0.05, 0.1) is 28.4 Å². The predicted octanol–water partition coefficient (Wildman–Crippen LogP) is 3.37. The number of benzene rings is 1. The Morgan fingerprint density at radius 3 is 2.77 bits per heavy atom. The molecule has 0 unspecified atom stereocenters. The Bertz CT molecular complexity index is 889. The number of methoxy groups -OCH3 is 1. The van der Waals surface area contributed by atoms with E-state index < -0.39 is 0 Å². The molecule has 0 N–H and O–H groups in total. The summed E-state index contributed by atoms with van der Waals surface area (Å²) < 4.78 is 8.17. The third-order valence-electron chi connectivity index (χ3n) is 3.59. The van der Waals surface area contributed by atoms with Crippen molar-refractivity contribution in [2.75, 3.05) is 7.11 Å². The van der Waals surface area contributed by atoms with Crippen LogP contribution in [0.25, 0.3) is 10.9 Å². The molecular formula is C17H15IN2O2.